The van der Waals surface area contributed by atoms with Crippen LogP contribution in [0.2, 0.25) is 0 Å². The predicted octanol–water partition coefficient (Wildman–Crippen LogP) is 4.16. The van der Waals surface area contributed by atoms with Crippen molar-refractivity contribution < 1.29 is 14.3 Å². The van der Waals surface area contributed by atoms with E-state index in [1.165, 1.54) is 12.3 Å². The van der Waals surface area contributed by atoms with Crippen molar-refractivity contribution in [2.24, 2.45) is 23.2 Å². The standard InChI is InChI=1S/C27H32FN3O2/c28-24-12-19(7-8-29-24)18-3-5-23(6-4-18)31-9-1-2-22(16-31)30-26(33)27-13-17-10-20(14-27)25(32)21(11-17)15-27/h3-8,12,17,20-22,25,32H,1-2,9-11,13-16H2,(H,30,33)/t17?,20?,21?,22-,25?,27?/m0/s1. The summed E-state index contributed by atoms with van der Waals surface area (Å²) in [5.74, 6) is 1.01. The van der Waals surface area contributed by atoms with Crippen LogP contribution in [0.3, 0.4) is 0 Å². The zero-order chi connectivity index (χ0) is 22.6. The molecule has 5 fully saturated rings. The summed E-state index contributed by atoms with van der Waals surface area (Å²) >= 11 is 0. The van der Waals surface area contributed by atoms with Crippen LogP contribution in [0.4, 0.5) is 10.1 Å². The van der Waals surface area contributed by atoms with Crippen LogP contribution in [0.1, 0.15) is 44.9 Å². The van der Waals surface area contributed by atoms with Crippen LogP contribution in [0.25, 0.3) is 11.1 Å². The summed E-state index contributed by atoms with van der Waals surface area (Å²) in [6.45, 7) is 1.78. The zero-order valence-electron chi connectivity index (χ0n) is 18.9. The summed E-state index contributed by atoms with van der Waals surface area (Å²) in [4.78, 5) is 19.5. The van der Waals surface area contributed by atoms with Gasteiger partial charge in [-0.25, -0.2) is 4.98 Å². The number of pyridine rings is 1. The molecule has 1 amide bonds. The van der Waals surface area contributed by atoms with Crippen molar-refractivity contribution in [1.29, 1.82) is 0 Å². The Morgan fingerprint density at radius 2 is 1.85 bits per heavy atom. The van der Waals surface area contributed by atoms with Crippen LogP contribution in [0, 0.1) is 29.1 Å². The Balaban J connectivity index is 1.12. The molecule has 2 unspecified atom stereocenters. The van der Waals surface area contributed by atoms with Gasteiger partial charge in [-0.1, -0.05) is 12.1 Å². The van der Waals surface area contributed by atoms with Crippen LogP contribution in [-0.2, 0) is 4.79 Å². The second kappa shape index (κ2) is 8.08. The molecule has 0 spiro atoms. The first-order valence-electron chi connectivity index (χ1n) is 12.5. The monoisotopic (exact) mass is 449 g/mol. The molecule has 6 heteroatoms. The van der Waals surface area contributed by atoms with E-state index in [4.69, 9.17) is 0 Å². The number of hydrogen-bond donors (Lipinski definition) is 2. The fourth-order valence-electron chi connectivity index (χ4n) is 7.39. The number of nitrogens with zero attached hydrogens (tertiary/aromatic N) is 2. The van der Waals surface area contributed by atoms with Gasteiger partial charge in [0.05, 0.1) is 11.5 Å². The van der Waals surface area contributed by atoms with E-state index in [0.717, 1.165) is 74.8 Å². The summed E-state index contributed by atoms with van der Waals surface area (Å²) < 4.78 is 13.5. The maximum Gasteiger partial charge on any atom is 0.226 e. The Morgan fingerprint density at radius 3 is 2.58 bits per heavy atom. The van der Waals surface area contributed by atoms with Crippen LogP contribution < -0.4 is 10.2 Å². The maximum absolute atomic E-state index is 13.5. The number of carbonyl (C=O) groups is 1. The third-order valence-electron chi connectivity index (χ3n) is 8.75. The molecule has 0 radical (unpaired) electrons. The summed E-state index contributed by atoms with van der Waals surface area (Å²) in [5, 5.41) is 14.0. The molecule has 2 aromatic rings. The Kier molecular flexibility index (Phi) is 5.17. The van der Waals surface area contributed by atoms with Crippen LogP contribution in [0.15, 0.2) is 42.6 Å². The summed E-state index contributed by atoms with van der Waals surface area (Å²) in [5.41, 5.74) is 2.66. The molecule has 5 aliphatic rings. The van der Waals surface area contributed by atoms with E-state index in [2.05, 4.69) is 27.3 Å². The summed E-state index contributed by atoms with van der Waals surface area (Å²) in [6.07, 6.45) is 8.28. The molecule has 4 bridgehead atoms. The van der Waals surface area contributed by atoms with Gasteiger partial charge < -0.3 is 15.3 Å². The SMILES string of the molecule is O=C(N[C@H]1CCCN(c2ccc(-c3ccnc(F)c3)cc2)C1)C12CC3CC(C1)C(O)C(C3)C2. The van der Waals surface area contributed by atoms with E-state index in [9.17, 15) is 14.3 Å². The van der Waals surface area contributed by atoms with Gasteiger partial charge >= 0.3 is 0 Å². The maximum atomic E-state index is 13.5. The molecule has 1 aromatic carbocycles. The number of anilines is 1. The molecule has 4 saturated carbocycles. The molecular weight excluding hydrogens is 417 g/mol. The third-order valence-corrected chi connectivity index (χ3v) is 8.75. The minimum atomic E-state index is -0.472. The molecule has 7 rings (SSSR count). The van der Waals surface area contributed by atoms with Crippen LogP contribution in [0.5, 0.6) is 0 Å². The van der Waals surface area contributed by atoms with E-state index in [1.807, 2.05) is 18.2 Å². The number of nitrogens with one attached hydrogen (secondary N) is 1. The topological polar surface area (TPSA) is 65.5 Å². The van der Waals surface area contributed by atoms with E-state index in [1.54, 1.807) is 0 Å². The lowest BCUT2D eigenvalue weighted by molar-refractivity contribution is -0.163. The largest absolute Gasteiger partial charge is 0.393 e. The second-order valence-electron chi connectivity index (χ2n) is 10.9. The molecule has 1 saturated heterocycles. The van der Waals surface area contributed by atoms with E-state index < -0.39 is 5.95 Å². The van der Waals surface area contributed by atoms with Gasteiger partial charge in [0.25, 0.3) is 0 Å². The van der Waals surface area contributed by atoms with Crippen LogP contribution in [-0.4, -0.2) is 41.2 Å². The molecule has 174 valence electrons. The van der Waals surface area contributed by atoms with Gasteiger partial charge in [0.1, 0.15) is 0 Å². The van der Waals surface area contributed by atoms with Crippen molar-refractivity contribution in [3.63, 3.8) is 0 Å². The third kappa shape index (κ3) is 3.82. The number of hydrogen-bond acceptors (Lipinski definition) is 4. The van der Waals surface area contributed by atoms with Crippen molar-refractivity contribution in [1.82, 2.24) is 10.3 Å². The Hall–Kier alpha value is -2.47. The normalized spacial score (nSPS) is 35.0. The first-order valence-corrected chi connectivity index (χ1v) is 12.5. The van der Waals surface area contributed by atoms with Crippen molar-refractivity contribution in [2.45, 2.75) is 57.1 Å². The van der Waals surface area contributed by atoms with Crippen LogP contribution >= 0.6 is 0 Å². The van der Waals surface area contributed by atoms with E-state index in [0.29, 0.717) is 17.8 Å². The summed E-state index contributed by atoms with van der Waals surface area (Å²) in [6, 6.07) is 11.6. The highest BCUT2D eigenvalue weighted by atomic mass is 19.1. The van der Waals surface area contributed by atoms with Gasteiger partial charge in [-0.3, -0.25) is 4.79 Å². The number of halogens is 1. The number of aliphatic hydroxyl groups is 1. The average molecular weight is 450 g/mol. The fraction of sp³-hybridized carbons (Fsp3) is 0.556. The molecule has 3 atom stereocenters. The Morgan fingerprint density at radius 1 is 1.09 bits per heavy atom. The number of benzene rings is 1. The number of rotatable bonds is 4. The molecule has 33 heavy (non-hydrogen) atoms. The highest BCUT2D eigenvalue weighted by Crippen LogP contribution is 2.60. The molecule has 1 aromatic heterocycles. The first-order chi connectivity index (χ1) is 16.0. The lowest BCUT2D eigenvalue weighted by atomic mass is 9.48. The number of carbonyl (C=O) groups excluding carboxylic acids is 1. The molecule has 2 heterocycles. The minimum Gasteiger partial charge on any atom is -0.393 e. The van der Waals surface area contributed by atoms with Gasteiger partial charge in [0, 0.05) is 37.1 Å². The molecule has 5 nitrogen and oxygen atoms in total. The fourth-order valence-corrected chi connectivity index (χ4v) is 7.39. The molecule has 2 N–H and O–H groups in total. The van der Waals surface area contributed by atoms with Gasteiger partial charge in [-0.2, -0.15) is 4.39 Å². The second-order valence-corrected chi connectivity index (χ2v) is 10.9. The smallest absolute Gasteiger partial charge is 0.226 e. The van der Waals surface area contributed by atoms with Gasteiger partial charge in [0.15, 0.2) is 0 Å². The Bertz CT molecular complexity index is 1030. The zero-order valence-corrected chi connectivity index (χ0v) is 18.9. The first kappa shape index (κ1) is 21.1. The minimum absolute atomic E-state index is 0.151. The van der Waals surface area contributed by atoms with Gasteiger partial charge in [0.2, 0.25) is 11.9 Å². The predicted molar refractivity (Wildman–Crippen MR) is 125 cm³/mol. The van der Waals surface area contributed by atoms with Crippen molar-refractivity contribution in [3.05, 3.63) is 48.5 Å². The number of aliphatic hydroxyl groups excluding tert-OH is 1. The van der Waals surface area contributed by atoms with Crippen molar-refractivity contribution in [3.8, 4) is 11.1 Å². The van der Waals surface area contributed by atoms with Gasteiger partial charge in [-0.15, -0.1) is 0 Å². The molecule has 1 aliphatic heterocycles. The highest BCUT2D eigenvalue weighted by molar-refractivity contribution is 5.83. The van der Waals surface area contributed by atoms with Crippen molar-refractivity contribution >= 4 is 11.6 Å². The Labute approximate surface area is 194 Å². The van der Waals surface area contributed by atoms with E-state index in [-0.39, 0.29) is 23.5 Å². The molecule has 4 aliphatic carbocycles. The van der Waals surface area contributed by atoms with Crippen molar-refractivity contribution in [2.75, 3.05) is 18.0 Å². The van der Waals surface area contributed by atoms with E-state index >= 15 is 0 Å². The quantitative estimate of drug-likeness (QED) is 0.688. The summed E-state index contributed by atoms with van der Waals surface area (Å²) in [7, 11) is 0. The number of amides is 1. The highest BCUT2D eigenvalue weighted by Gasteiger charge is 2.58. The van der Waals surface area contributed by atoms with Gasteiger partial charge in [-0.05, 0) is 92.0 Å². The lowest BCUT2D eigenvalue weighted by Crippen LogP contribution is -2.60. The number of aromatic nitrogens is 1. The lowest BCUT2D eigenvalue weighted by Gasteiger charge is -2.58. The number of piperidine rings is 1. The average Bonchev–Trinajstić information content (AvgIpc) is 2.82. The molecular formula is C27H32FN3O2.